The van der Waals surface area contributed by atoms with Crippen LogP contribution in [-0.4, -0.2) is 31.3 Å². The summed E-state index contributed by atoms with van der Waals surface area (Å²) >= 11 is 0. The molecule has 0 bridgehead atoms. The Hall–Kier alpha value is -1.71. The molecule has 122 valence electrons. The van der Waals surface area contributed by atoms with Crippen LogP contribution in [0.25, 0.3) is 0 Å². The van der Waals surface area contributed by atoms with Crippen LogP contribution in [0.15, 0.2) is 18.2 Å². The average Bonchev–Trinajstić information content (AvgIpc) is 2.44. The SMILES string of the molecule is COC(=O)C(C)(C)N1c2c(OC)cccc2C(C)CC1(C)C. The number of methoxy groups -OCH3 is 2. The summed E-state index contributed by atoms with van der Waals surface area (Å²) in [6, 6.07) is 6.08. The summed E-state index contributed by atoms with van der Waals surface area (Å²) in [5, 5.41) is 0. The minimum atomic E-state index is -0.776. The van der Waals surface area contributed by atoms with Gasteiger partial charge in [-0.1, -0.05) is 19.1 Å². The zero-order chi connectivity index (χ0) is 16.7. The molecule has 0 radical (unpaired) electrons. The van der Waals surface area contributed by atoms with Gasteiger partial charge in [-0.05, 0) is 51.7 Å². The van der Waals surface area contributed by atoms with Gasteiger partial charge in [-0.3, -0.25) is 0 Å². The van der Waals surface area contributed by atoms with Gasteiger partial charge in [0.15, 0.2) is 0 Å². The molecular formula is C18H27NO3. The number of fused-ring (bicyclic) bond motifs is 1. The molecule has 1 aromatic rings. The second-order valence-electron chi connectivity index (χ2n) is 7.20. The van der Waals surface area contributed by atoms with E-state index in [1.807, 2.05) is 26.0 Å². The lowest BCUT2D eigenvalue weighted by Gasteiger charge is -2.53. The van der Waals surface area contributed by atoms with Gasteiger partial charge in [0.1, 0.15) is 11.3 Å². The van der Waals surface area contributed by atoms with Crippen molar-refractivity contribution in [3.8, 4) is 5.75 Å². The quantitative estimate of drug-likeness (QED) is 0.797. The standard InChI is InChI=1S/C18H27NO3/c1-12-11-17(2,3)19(18(4,5)16(20)22-7)15-13(12)9-8-10-14(15)21-6/h8-10,12H,11H2,1-7H3. The molecule has 0 aromatic heterocycles. The molecule has 1 heterocycles. The van der Waals surface area contributed by atoms with E-state index in [1.165, 1.54) is 12.7 Å². The van der Waals surface area contributed by atoms with Gasteiger partial charge in [0.25, 0.3) is 0 Å². The number of ether oxygens (including phenoxy) is 2. The van der Waals surface area contributed by atoms with Crippen LogP contribution in [0.3, 0.4) is 0 Å². The predicted octanol–water partition coefficient (Wildman–Crippen LogP) is 3.74. The van der Waals surface area contributed by atoms with E-state index in [-0.39, 0.29) is 11.5 Å². The molecule has 0 aliphatic carbocycles. The fourth-order valence-corrected chi connectivity index (χ4v) is 3.97. The number of carbonyl (C=O) groups is 1. The lowest BCUT2D eigenvalue weighted by Crippen LogP contribution is -2.62. The number of anilines is 1. The molecule has 1 unspecified atom stereocenters. The van der Waals surface area contributed by atoms with Crippen LogP contribution >= 0.6 is 0 Å². The minimum Gasteiger partial charge on any atom is -0.495 e. The number of benzene rings is 1. The Balaban J connectivity index is 2.72. The van der Waals surface area contributed by atoms with Gasteiger partial charge in [-0.2, -0.15) is 0 Å². The third-order valence-electron chi connectivity index (χ3n) is 4.66. The first-order valence-electron chi connectivity index (χ1n) is 7.72. The van der Waals surface area contributed by atoms with Crippen molar-refractivity contribution in [2.75, 3.05) is 19.1 Å². The molecule has 0 amide bonds. The zero-order valence-corrected chi connectivity index (χ0v) is 14.7. The Bertz CT molecular complexity index is 578. The fourth-order valence-electron chi connectivity index (χ4n) is 3.97. The van der Waals surface area contributed by atoms with E-state index < -0.39 is 5.54 Å². The molecule has 0 spiro atoms. The molecule has 1 aliphatic heterocycles. The van der Waals surface area contributed by atoms with Gasteiger partial charge >= 0.3 is 5.97 Å². The maximum absolute atomic E-state index is 12.4. The van der Waals surface area contributed by atoms with E-state index >= 15 is 0 Å². The number of rotatable bonds is 3. The van der Waals surface area contributed by atoms with Crippen molar-refractivity contribution in [1.82, 2.24) is 0 Å². The van der Waals surface area contributed by atoms with E-state index in [0.29, 0.717) is 5.92 Å². The summed E-state index contributed by atoms with van der Waals surface area (Å²) in [6.45, 7) is 10.4. The lowest BCUT2D eigenvalue weighted by molar-refractivity contribution is -0.146. The molecule has 0 saturated carbocycles. The Kier molecular flexibility index (Phi) is 4.16. The van der Waals surface area contributed by atoms with Gasteiger partial charge in [0.2, 0.25) is 0 Å². The van der Waals surface area contributed by atoms with E-state index in [4.69, 9.17) is 9.47 Å². The first-order chi connectivity index (χ1) is 10.2. The van der Waals surface area contributed by atoms with Crippen molar-refractivity contribution < 1.29 is 14.3 Å². The molecule has 4 heteroatoms. The maximum Gasteiger partial charge on any atom is 0.331 e. The highest BCUT2D eigenvalue weighted by atomic mass is 16.5. The van der Waals surface area contributed by atoms with Gasteiger partial charge in [0, 0.05) is 5.54 Å². The first-order valence-corrected chi connectivity index (χ1v) is 7.72. The second kappa shape index (κ2) is 5.49. The van der Waals surface area contributed by atoms with E-state index in [0.717, 1.165) is 17.9 Å². The smallest absolute Gasteiger partial charge is 0.331 e. The van der Waals surface area contributed by atoms with Crippen molar-refractivity contribution in [1.29, 1.82) is 0 Å². The number of para-hydroxylation sites is 1. The van der Waals surface area contributed by atoms with Gasteiger partial charge in [-0.25, -0.2) is 4.79 Å². The van der Waals surface area contributed by atoms with Crippen LogP contribution in [0.1, 0.15) is 52.5 Å². The van der Waals surface area contributed by atoms with Crippen molar-refractivity contribution >= 4 is 11.7 Å². The Morgan fingerprint density at radius 3 is 2.50 bits per heavy atom. The van der Waals surface area contributed by atoms with Crippen molar-refractivity contribution in [3.63, 3.8) is 0 Å². The van der Waals surface area contributed by atoms with Crippen LogP contribution in [0.5, 0.6) is 5.75 Å². The van der Waals surface area contributed by atoms with Crippen molar-refractivity contribution in [3.05, 3.63) is 23.8 Å². The topological polar surface area (TPSA) is 38.8 Å². The summed E-state index contributed by atoms with van der Waals surface area (Å²) in [6.07, 6.45) is 0.966. The van der Waals surface area contributed by atoms with E-state index in [1.54, 1.807) is 7.11 Å². The highest BCUT2D eigenvalue weighted by molar-refractivity contribution is 5.87. The summed E-state index contributed by atoms with van der Waals surface area (Å²) < 4.78 is 10.7. The fraction of sp³-hybridized carbons (Fsp3) is 0.611. The van der Waals surface area contributed by atoms with Crippen LogP contribution in [0.2, 0.25) is 0 Å². The van der Waals surface area contributed by atoms with Gasteiger partial charge in [0.05, 0.1) is 19.9 Å². The normalized spacial score (nSPS) is 20.3. The number of esters is 1. The minimum absolute atomic E-state index is 0.182. The second-order valence-corrected chi connectivity index (χ2v) is 7.20. The largest absolute Gasteiger partial charge is 0.495 e. The van der Waals surface area contributed by atoms with Crippen LogP contribution in [0.4, 0.5) is 5.69 Å². The zero-order valence-electron chi connectivity index (χ0n) is 14.7. The van der Waals surface area contributed by atoms with Crippen LogP contribution in [0, 0.1) is 0 Å². The molecule has 1 aliphatic rings. The third kappa shape index (κ3) is 2.44. The third-order valence-corrected chi connectivity index (χ3v) is 4.66. The van der Waals surface area contributed by atoms with Crippen molar-refractivity contribution in [2.45, 2.75) is 58.0 Å². The molecule has 0 saturated heterocycles. The van der Waals surface area contributed by atoms with Crippen LogP contribution < -0.4 is 9.64 Å². The monoisotopic (exact) mass is 305 g/mol. The molecule has 22 heavy (non-hydrogen) atoms. The first kappa shape index (κ1) is 16.7. The molecule has 4 nitrogen and oxygen atoms in total. The van der Waals surface area contributed by atoms with Gasteiger partial charge in [-0.15, -0.1) is 0 Å². The lowest BCUT2D eigenvalue weighted by atomic mass is 9.77. The summed E-state index contributed by atoms with van der Waals surface area (Å²) in [7, 11) is 3.11. The number of nitrogens with zero attached hydrogens (tertiary/aromatic N) is 1. The Labute approximate surface area is 133 Å². The summed E-state index contributed by atoms with van der Waals surface area (Å²) in [5.74, 6) is 0.964. The highest BCUT2D eigenvalue weighted by Crippen LogP contribution is 2.50. The van der Waals surface area contributed by atoms with E-state index in [2.05, 4.69) is 31.7 Å². The highest BCUT2D eigenvalue weighted by Gasteiger charge is 2.48. The summed E-state index contributed by atoms with van der Waals surface area (Å²) in [5.41, 5.74) is 1.26. The summed E-state index contributed by atoms with van der Waals surface area (Å²) in [4.78, 5) is 14.6. The Morgan fingerprint density at radius 2 is 1.95 bits per heavy atom. The number of hydrogen-bond acceptors (Lipinski definition) is 4. The molecule has 1 aromatic carbocycles. The molecule has 0 N–H and O–H groups in total. The number of hydrogen-bond donors (Lipinski definition) is 0. The van der Waals surface area contributed by atoms with Gasteiger partial charge < -0.3 is 14.4 Å². The molecular weight excluding hydrogens is 278 g/mol. The average molecular weight is 305 g/mol. The molecule has 0 fully saturated rings. The molecule has 2 rings (SSSR count). The maximum atomic E-state index is 12.4. The molecule has 1 atom stereocenters. The van der Waals surface area contributed by atoms with Crippen molar-refractivity contribution in [2.24, 2.45) is 0 Å². The van der Waals surface area contributed by atoms with E-state index in [9.17, 15) is 4.79 Å². The van der Waals surface area contributed by atoms with Crippen LogP contribution in [-0.2, 0) is 9.53 Å². The predicted molar refractivity (Wildman–Crippen MR) is 88.7 cm³/mol. The number of carbonyl (C=O) groups excluding carboxylic acids is 1. The Morgan fingerprint density at radius 1 is 1.32 bits per heavy atom.